The normalized spacial score (nSPS) is 11.5. The molecule has 0 saturated heterocycles. The SMILES string of the molecule is Cc1cccc(-c2nnc(-c3ccc(C(=O)Nc4cc(C(C)(C)C)on4)cc3)o2)c1. The highest BCUT2D eigenvalue weighted by atomic mass is 16.5. The average molecular weight is 402 g/mol. The molecule has 4 aromatic rings. The number of aryl methyl sites for hydroxylation is 1. The van der Waals surface area contributed by atoms with E-state index in [0.717, 1.165) is 16.7 Å². The summed E-state index contributed by atoms with van der Waals surface area (Å²) < 4.78 is 11.1. The zero-order chi connectivity index (χ0) is 21.3. The van der Waals surface area contributed by atoms with E-state index in [-0.39, 0.29) is 11.3 Å². The number of hydrogen-bond acceptors (Lipinski definition) is 6. The first-order valence-electron chi connectivity index (χ1n) is 9.59. The second-order valence-corrected chi connectivity index (χ2v) is 8.14. The number of rotatable bonds is 4. The molecule has 0 unspecified atom stereocenters. The fourth-order valence-corrected chi connectivity index (χ4v) is 2.87. The van der Waals surface area contributed by atoms with Gasteiger partial charge in [0.25, 0.3) is 5.91 Å². The number of carbonyl (C=O) groups excluding carboxylic acids is 1. The second kappa shape index (κ2) is 7.59. The van der Waals surface area contributed by atoms with E-state index in [0.29, 0.717) is 28.9 Å². The van der Waals surface area contributed by atoms with Gasteiger partial charge in [0, 0.05) is 28.2 Å². The first-order chi connectivity index (χ1) is 14.3. The molecule has 0 aliphatic carbocycles. The predicted molar refractivity (Wildman–Crippen MR) is 113 cm³/mol. The largest absolute Gasteiger partial charge is 0.416 e. The number of nitrogens with one attached hydrogen (secondary N) is 1. The smallest absolute Gasteiger partial charge is 0.256 e. The Morgan fingerprint density at radius 3 is 2.27 bits per heavy atom. The summed E-state index contributed by atoms with van der Waals surface area (Å²) in [7, 11) is 0. The van der Waals surface area contributed by atoms with Crippen LogP contribution in [0.3, 0.4) is 0 Å². The zero-order valence-electron chi connectivity index (χ0n) is 17.3. The maximum atomic E-state index is 12.5. The Bertz CT molecular complexity index is 1180. The van der Waals surface area contributed by atoms with Gasteiger partial charge in [0.15, 0.2) is 5.82 Å². The van der Waals surface area contributed by atoms with Gasteiger partial charge in [-0.15, -0.1) is 10.2 Å². The lowest BCUT2D eigenvalue weighted by Crippen LogP contribution is -2.12. The lowest BCUT2D eigenvalue weighted by atomic mass is 9.93. The van der Waals surface area contributed by atoms with Crippen molar-refractivity contribution >= 4 is 11.7 Å². The van der Waals surface area contributed by atoms with Gasteiger partial charge in [-0.2, -0.15) is 0 Å². The molecule has 0 spiro atoms. The van der Waals surface area contributed by atoms with Crippen LogP contribution >= 0.6 is 0 Å². The summed E-state index contributed by atoms with van der Waals surface area (Å²) in [6.07, 6.45) is 0. The van der Waals surface area contributed by atoms with Crippen LogP contribution in [0.15, 0.2) is 63.5 Å². The van der Waals surface area contributed by atoms with Crippen molar-refractivity contribution in [1.29, 1.82) is 0 Å². The third-order valence-electron chi connectivity index (χ3n) is 4.58. The van der Waals surface area contributed by atoms with Crippen molar-refractivity contribution in [3.8, 4) is 22.9 Å². The van der Waals surface area contributed by atoms with E-state index in [1.165, 1.54) is 0 Å². The van der Waals surface area contributed by atoms with Gasteiger partial charge in [-0.3, -0.25) is 4.79 Å². The number of amides is 1. The number of aromatic nitrogens is 3. The van der Waals surface area contributed by atoms with Crippen LogP contribution in [-0.2, 0) is 5.41 Å². The number of benzene rings is 2. The summed E-state index contributed by atoms with van der Waals surface area (Å²) in [5.41, 5.74) is 3.02. The van der Waals surface area contributed by atoms with E-state index >= 15 is 0 Å². The van der Waals surface area contributed by atoms with Crippen LogP contribution in [0, 0.1) is 6.92 Å². The van der Waals surface area contributed by atoms with Crippen LogP contribution in [0.5, 0.6) is 0 Å². The van der Waals surface area contributed by atoms with Crippen molar-refractivity contribution < 1.29 is 13.7 Å². The van der Waals surface area contributed by atoms with Crippen molar-refractivity contribution in [2.75, 3.05) is 5.32 Å². The van der Waals surface area contributed by atoms with Crippen molar-refractivity contribution in [2.24, 2.45) is 0 Å². The van der Waals surface area contributed by atoms with Gasteiger partial charge in [-0.1, -0.05) is 43.6 Å². The first-order valence-corrected chi connectivity index (χ1v) is 9.59. The van der Waals surface area contributed by atoms with E-state index in [1.807, 2.05) is 52.0 Å². The van der Waals surface area contributed by atoms with Crippen LogP contribution in [0.1, 0.15) is 42.5 Å². The number of nitrogens with zero attached hydrogens (tertiary/aromatic N) is 3. The summed E-state index contributed by atoms with van der Waals surface area (Å²) in [5, 5.41) is 14.9. The van der Waals surface area contributed by atoms with Crippen LogP contribution in [0.2, 0.25) is 0 Å². The molecule has 2 aromatic carbocycles. The highest BCUT2D eigenvalue weighted by Gasteiger charge is 2.20. The number of hydrogen-bond donors (Lipinski definition) is 1. The molecule has 0 aliphatic rings. The molecule has 1 amide bonds. The molecule has 0 aliphatic heterocycles. The van der Waals surface area contributed by atoms with Crippen LogP contribution in [-0.4, -0.2) is 21.3 Å². The Morgan fingerprint density at radius 2 is 1.63 bits per heavy atom. The van der Waals surface area contributed by atoms with E-state index in [1.54, 1.807) is 30.3 Å². The Labute approximate surface area is 174 Å². The van der Waals surface area contributed by atoms with Crippen LogP contribution in [0.25, 0.3) is 22.9 Å². The molecule has 30 heavy (non-hydrogen) atoms. The van der Waals surface area contributed by atoms with Crippen LogP contribution in [0.4, 0.5) is 5.82 Å². The molecule has 2 heterocycles. The molecule has 0 radical (unpaired) electrons. The van der Waals surface area contributed by atoms with Crippen LogP contribution < -0.4 is 5.32 Å². The monoisotopic (exact) mass is 402 g/mol. The second-order valence-electron chi connectivity index (χ2n) is 8.14. The van der Waals surface area contributed by atoms with Gasteiger partial charge >= 0.3 is 0 Å². The Morgan fingerprint density at radius 1 is 0.933 bits per heavy atom. The molecular weight excluding hydrogens is 380 g/mol. The Balaban J connectivity index is 1.48. The quantitative estimate of drug-likeness (QED) is 0.501. The lowest BCUT2D eigenvalue weighted by molar-refractivity contribution is 0.102. The first kappa shape index (κ1) is 19.6. The topological polar surface area (TPSA) is 94.1 Å². The minimum atomic E-state index is -0.277. The van der Waals surface area contributed by atoms with Gasteiger partial charge in [0.2, 0.25) is 11.8 Å². The van der Waals surface area contributed by atoms with Gasteiger partial charge < -0.3 is 14.3 Å². The molecular formula is C23H22N4O3. The van der Waals surface area contributed by atoms with Gasteiger partial charge in [-0.25, -0.2) is 0 Å². The van der Waals surface area contributed by atoms with E-state index < -0.39 is 0 Å². The van der Waals surface area contributed by atoms with Crippen molar-refractivity contribution in [2.45, 2.75) is 33.1 Å². The van der Waals surface area contributed by atoms with Crippen molar-refractivity contribution in [1.82, 2.24) is 15.4 Å². The van der Waals surface area contributed by atoms with E-state index in [4.69, 9.17) is 8.94 Å². The minimum absolute atomic E-state index is 0.182. The standard InChI is InChI=1S/C23H22N4O3/c1-14-6-5-7-17(12-14)22-26-25-21(29-22)16-10-8-15(9-11-16)20(28)24-19-13-18(30-27-19)23(2,3)4/h5-13H,1-4H3,(H,24,27,28). The fraction of sp³-hybridized carbons (Fsp3) is 0.217. The maximum absolute atomic E-state index is 12.5. The molecule has 7 nitrogen and oxygen atoms in total. The maximum Gasteiger partial charge on any atom is 0.256 e. The van der Waals surface area contributed by atoms with Crippen molar-refractivity contribution in [3.63, 3.8) is 0 Å². The molecule has 0 saturated carbocycles. The summed E-state index contributed by atoms with van der Waals surface area (Å²) in [4.78, 5) is 12.5. The average Bonchev–Trinajstić information content (AvgIpc) is 3.38. The predicted octanol–water partition coefficient (Wildman–Crippen LogP) is 5.25. The molecule has 0 fully saturated rings. The van der Waals surface area contributed by atoms with E-state index in [2.05, 4.69) is 20.7 Å². The summed E-state index contributed by atoms with van der Waals surface area (Å²) >= 11 is 0. The molecule has 152 valence electrons. The molecule has 7 heteroatoms. The minimum Gasteiger partial charge on any atom is -0.416 e. The highest BCUT2D eigenvalue weighted by molar-refractivity contribution is 6.03. The number of carbonyl (C=O) groups is 1. The summed E-state index contributed by atoms with van der Waals surface area (Å²) in [5.74, 6) is 1.66. The zero-order valence-corrected chi connectivity index (χ0v) is 17.3. The molecule has 0 atom stereocenters. The summed E-state index contributed by atoms with van der Waals surface area (Å²) in [6, 6.07) is 16.5. The molecule has 4 rings (SSSR count). The summed E-state index contributed by atoms with van der Waals surface area (Å²) in [6.45, 7) is 8.05. The fourth-order valence-electron chi connectivity index (χ4n) is 2.87. The molecule has 0 bridgehead atoms. The van der Waals surface area contributed by atoms with Gasteiger partial charge in [0.05, 0.1) is 0 Å². The third-order valence-corrected chi connectivity index (χ3v) is 4.58. The third kappa shape index (κ3) is 4.15. The lowest BCUT2D eigenvalue weighted by Gasteiger charge is -2.12. The van der Waals surface area contributed by atoms with Crippen molar-refractivity contribution in [3.05, 3.63) is 71.5 Å². The van der Waals surface area contributed by atoms with Gasteiger partial charge in [0.1, 0.15) is 5.76 Å². The highest BCUT2D eigenvalue weighted by Crippen LogP contribution is 2.26. The Kier molecular flexibility index (Phi) is 4.95. The number of anilines is 1. The van der Waals surface area contributed by atoms with E-state index in [9.17, 15) is 4.79 Å². The molecule has 1 N–H and O–H groups in total. The van der Waals surface area contributed by atoms with Gasteiger partial charge in [-0.05, 0) is 43.3 Å². The Hall–Kier alpha value is -3.74. The molecule has 2 aromatic heterocycles.